The number of benzene rings is 2. The third-order valence-corrected chi connectivity index (χ3v) is 6.56. The van der Waals surface area contributed by atoms with E-state index in [-0.39, 0.29) is 22.7 Å². The molecule has 2 aromatic carbocycles. The number of aromatic nitrogens is 4. The number of hydrogen-bond acceptors (Lipinski definition) is 6. The number of fused-ring (bicyclic) bond motifs is 9. The van der Waals surface area contributed by atoms with Gasteiger partial charge in [0.1, 0.15) is 23.0 Å². The predicted octanol–water partition coefficient (Wildman–Crippen LogP) is 4.24. The van der Waals surface area contributed by atoms with E-state index in [1.807, 2.05) is 4.57 Å². The molecule has 0 saturated carbocycles. The van der Waals surface area contributed by atoms with E-state index < -0.39 is 36.0 Å². The lowest BCUT2D eigenvalue weighted by molar-refractivity contribution is -0.0507. The zero-order valence-electron chi connectivity index (χ0n) is 19.2. The molecule has 1 amide bonds. The maximum Gasteiger partial charge on any atom is 0.387 e. The standard InChI is InChI=1S/C25H20F3N5O3/c1-25(2,35)23-29-9-11(10-30-23)13-6-17-15(7-14(13)26)31-21-16-8-18(33(17)21)20-12(22(34)32-16)4-3-5-19(20)36-24(27)28/h3-7,9-10,16,18,24,35H,8H2,1-2H3,(H,32,34)/t16-,18-/m1/s1. The molecule has 0 spiro atoms. The molecular weight excluding hydrogens is 475 g/mol. The van der Waals surface area contributed by atoms with Gasteiger partial charge in [0.2, 0.25) is 0 Å². The largest absolute Gasteiger partial charge is 0.434 e. The van der Waals surface area contributed by atoms with E-state index >= 15 is 4.39 Å². The van der Waals surface area contributed by atoms with Crippen molar-refractivity contribution in [2.45, 2.75) is 44.6 Å². The monoisotopic (exact) mass is 495 g/mol. The average Bonchev–Trinajstić information content (AvgIpc) is 3.29. The smallest absolute Gasteiger partial charge is 0.387 e. The first-order valence-electron chi connectivity index (χ1n) is 11.3. The quantitative estimate of drug-likeness (QED) is 0.439. The first kappa shape index (κ1) is 22.5. The highest BCUT2D eigenvalue weighted by Gasteiger charge is 2.42. The summed E-state index contributed by atoms with van der Waals surface area (Å²) in [6.45, 7) is 0.0348. The number of carbonyl (C=O) groups excluding carboxylic acids is 1. The van der Waals surface area contributed by atoms with Crippen LogP contribution < -0.4 is 10.1 Å². The SMILES string of the molecule is CC(C)(O)c1ncc(-c2cc3c(cc2F)nc2n3[C@@H]3C[C@H]2NC(=O)c2cccc(OC(F)F)c23)cn1. The van der Waals surface area contributed by atoms with E-state index in [1.165, 1.54) is 30.6 Å². The van der Waals surface area contributed by atoms with Gasteiger partial charge < -0.3 is 19.7 Å². The van der Waals surface area contributed by atoms with Crippen molar-refractivity contribution >= 4 is 16.9 Å². The van der Waals surface area contributed by atoms with Gasteiger partial charge in [-0.05, 0) is 38.5 Å². The van der Waals surface area contributed by atoms with E-state index in [2.05, 4.69) is 20.3 Å². The Hall–Kier alpha value is -3.99. The fourth-order valence-corrected chi connectivity index (χ4v) is 5.04. The van der Waals surface area contributed by atoms with Crippen LogP contribution in [-0.2, 0) is 5.60 Å². The topological polar surface area (TPSA) is 102 Å². The second-order valence-corrected chi connectivity index (χ2v) is 9.39. The molecule has 2 N–H and O–H groups in total. The molecule has 2 aliphatic heterocycles. The van der Waals surface area contributed by atoms with Crippen molar-refractivity contribution in [3.63, 3.8) is 0 Å². The molecule has 8 nitrogen and oxygen atoms in total. The summed E-state index contributed by atoms with van der Waals surface area (Å²) < 4.78 is 48.2. The molecule has 0 aliphatic carbocycles. The summed E-state index contributed by atoms with van der Waals surface area (Å²) in [5.41, 5.74) is 0.860. The Balaban J connectivity index is 1.53. The third kappa shape index (κ3) is 3.41. The van der Waals surface area contributed by atoms with E-state index in [0.29, 0.717) is 34.4 Å². The molecule has 11 heteroatoms. The average molecular weight is 495 g/mol. The minimum absolute atomic E-state index is 0.0871. The number of aliphatic hydroxyl groups is 1. The molecule has 2 bridgehead atoms. The number of nitrogens with zero attached hydrogens (tertiary/aromatic N) is 4. The summed E-state index contributed by atoms with van der Waals surface area (Å²) in [5.74, 6) is -0.344. The van der Waals surface area contributed by atoms with Crippen molar-refractivity contribution in [3.05, 3.63) is 71.3 Å². The number of alkyl halides is 2. The van der Waals surface area contributed by atoms with Gasteiger partial charge >= 0.3 is 6.61 Å². The number of ether oxygens (including phenoxy) is 1. The van der Waals surface area contributed by atoms with Crippen molar-refractivity contribution in [2.75, 3.05) is 0 Å². The van der Waals surface area contributed by atoms with Gasteiger partial charge in [0.05, 0.1) is 23.1 Å². The highest BCUT2D eigenvalue weighted by molar-refractivity contribution is 5.98. The maximum absolute atomic E-state index is 15.2. The van der Waals surface area contributed by atoms with Crippen molar-refractivity contribution in [3.8, 4) is 16.9 Å². The second-order valence-electron chi connectivity index (χ2n) is 9.39. The van der Waals surface area contributed by atoms with Crippen LogP contribution in [0.4, 0.5) is 13.2 Å². The van der Waals surface area contributed by atoms with Crippen molar-refractivity contribution in [2.24, 2.45) is 0 Å². The van der Waals surface area contributed by atoms with Gasteiger partial charge in [-0.1, -0.05) is 6.07 Å². The van der Waals surface area contributed by atoms with Crippen LogP contribution >= 0.6 is 0 Å². The number of nitrogens with one attached hydrogen (secondary N) is 1. The fraction of sp³-hybridized carbons (Fsp3) is 0.280. The van der Waals surface area contributed by atoms with E-state index in [0.717, 1.165) is 0 Å². The molecule has 36 heavy (non-hydrogen) atoms. The highest BCUT2D eigenvalue weighted by Crippen LogP contribution is 2.47. The minimum Gasteiger partial charge on any atom is -0.434 e. The highest BCUT2D eigenvalue weighted by atomic mass is 19.3. The molecule has 2 aliphatic rings. The second kappa shape index (κ2) is 7.76. The summed E-state index contributed by atoms with van der Waals surface area (Å²) in [5, 5.41) is 13.0. The van der Waals surface area contributed by atoms with Crippen molar-refractivity contribution < 1.29 is 27.8 Å². The molecule has 0 fully saturated rings. The van der Waals surface area contributed by atoms with Crippen LogP contribution in [0.2, 0.25) is 0 Å². The Labute approximate surface area is 202 Å². The van der Waals surface area contributed by atoms with Gasteiger partial charge in [0.25, 0.3) is 5.91 Å². The summed E-state index contributed by atoms with van der Waals surface area (Å²) >= 11 is 0. The van der Waals surface area contributed by atoms with Gasteiger partial charge in [-0.2, -0.15) is 8.78 Å². The minimum atomic E-state index is -3.06. The fourth-order valence-electron chi connectivity index (χ4n) is 5.04. The number of rotatable bonds is 4. The van der Waals surface area contributed by atoms with Gasteiger partial charge in [-0.3, -0.25) is 4.79 Å². The summed E-state index contributed by atoms with van der Waals surface area (Å²) in [4.78, 5) is 25.8. The molecule has 2 atom stereocenters. The molecule has 4 aromatic rings. The van der Waals surface area contributed by atoms with Crippen LogP contribution in [0.15, 0.2) is 42.7 Å². The Bertz CT molecular complexity index is 1530. The zero-order valence-corrected chi connectivity index (χ0v) is 19.2. The van der Waals surface area contributed by atoms with Gasteiger partial charge in [0, 0.05) is 40.7 Å². The van der Waals surface area contributed by atoms with Crippen molar-refractivity contribution in [1.82, 2.24) is 24.8 Å². The number of amides is 1. The van der Waals surface area contributed by atoms with E-state index in [1.54, 1.807) is 26.0 Å². The predicted molar refractivity (Wildman–Crippen MR) is 122 cm³/mol. The molecule has 0 unspecified atom stereocenters. The van der Waals surface area contributed by atoms with Crippen LogP contribution in [0, 0.1) is 5.82 Å². The molecule has 6 rings (SSSR count). The summed E-state index contributed by atoms with van der Waals surface area (Å²) in [6.07, 6.45) is 3.25. The lowest BCUT2D eigenvalue weighted by atomic mass is 9.97. The molecule has 0 saturated heterocycles. The number of imidazole rings is 1. The van der Waals surface area contributed by atoms with Crippen LogP contribution in [0.25, 0.3) is 22.2 Å². The first-order chi connectivity index (χ1) is 17.1. The lowest BCUT2D eigenvalue weighted by Gasteiger charge is -2.21. The normalized spacial score (nSPS) is 18.7. The molecule has 4 heterocycles. The summed E-state index contributed by atoms with van der Waals surface area (Å²) in [7, 11) is 0. The number of carbonyl (C=O) groups is 1. The van der Waals surface area contributed by atoms with Crippen LogP contribution in [0.3, 0.4) is 0 Å². The Kier molecular flexibility index (Phi) is 4.84. The van der Waals surface area contributed by atoms with Gasteiger partial charge in [-0.15, -0.1) is 0 Å². The van der Waals surface area contributed by atoms with Gasteiger partial charge in [-0.25, -0.2) is 19.3 Å². The zero-order chi connectivity index (χ0) is 25.4. The number of hydrogen-bond donors (Lipinski definition) is 2. The van der Waals surface area contributed by atoms with Gasteiger partial charge in [0.15, 0.2) is 5.82 Å². The lowest BCUT2D eigenvalue weighted by Crippen LogP contribution is -2.28. The van der Waals surface area contributed by atoms with Crippen molar-refractivity contribution in [1.29, 1.82) is 0 Å². The first-order valence-corrected chi connectivity index (χ1v) is 11.3. The van der Waals surface area contributed by atoms with Crippen LogP contribution in [-0.4, -0.2) is 37.1 Å². The van der Waals surface area contributed by atoms with E-state index in [9.17, 15) is 18.7 Å². The van der Waals surface area contributed by atoms with E-state index in [4.69, 9.17) is 4.74 Å². The Morgan fingerprint density at radius 1 is 1.19 bits per heavy atom. The number of halogens is 3. The summed E-state index contributed by atoms with van der Waals surface area (Å²) in [6, 6.07) is 6.34. The molecule has 2 aromatic heterocycles. The molecular formula is C25H20F3N5O3. The molecule has 184 valence electrons. The van der Waals surface area contributed by atoms with Crippen LogP contribution in [0.5, 0.6) is 5.75 Å². The Morgan fingerprint density at radius 3 is 2.64 bits per heavy atom. The molecule has 0 radical (unpaired) electrons. The van der Waals surface area contributed by atoms with Crippen LogP contribution in [0.1, 0.15) is 59.9 Å². The maximum atomic E-state index is 15.2. The Morgan fingerprint density at radius 2 is 1.94 bits per heavy atom. The third-order valence-electron chi connectivity index (χ3n) is 6.56.